The predicted octanol–water partition coefficient (Wildman–Crippen LogP) is 0.972. The van der Waals surface area contributed by atoms with Gasteiger partial charge in [0.05, 0.1) is 18.8 Å². The van der Waals surface area contributed by atoms with Gasteiger partial charge in [0.2, 0.25) is 12.7 Å². The molecule has 2 aromatic rings. The quantitative estimate of drug-likeness (QED) is 0.886. The minimum Gasteiger partial charge on any atom is -0.454 e. The highest BCUT2D eigenvalue weighted by molar-refractivity contribution is 5.93. The van der Waals surface area contributed by atoms with Gasteiger partial charge in [-0.05, 0) is 17.7 Å². The highest BCUT2D eigenvalue weighted by atomic mass is 16.7. The molecule has 0 radical (unpaired) electrons. The molecule has 0 spiro atoms. The molecule has 130 valence electrons. The molecular formula is C17H18N4O4. The van der Waals surface area contributed by atoms with Gasteiger partial charge in [0.25, 0.3) is 5.91 Å². The number of hydrogen-bond acceptors (Lipinski definition) is 7. The second kappa shape index (κ2) is 6.94. The molecule has 2 aliphatic rings. The third-order valence-corrected chi connectivity index (χ3v) is 4.08. The zero-order valence-electron chi connectivity index (χ0n) is 13.6. The fraction of sp³-hybridized carbons (Fsp3) is 0.353. The van der Waals surface area contributed by atoms with Crippen molar-refractivity contribution in [1.29, 1.82) is 0 Å². The minimum absolute atomic E-state index is 0.216. The number of nitrogens with zero attached hydrogens (tertiary/aromatic N) is 3. The van der Waals surface area contributed by atoms with E-state index in [9.17, 15) is 4.79 Å². The third-order valence-electron chi connectivity index (χ3n) is 4.08. The molecule has 0 unspecified atom stereocenters. The molecule has 1 N–H and O–H groups in total. The summed E-state index contributed by atoms with van der Waals surface area (Å²) in [5.74, 6) is 1.83. The maximum Gasteiger partial charge on any atom is 0.254 e. The Balaban J connectivity index is 1.36. The van der Waals surface area contributed by atoms with Crippen molar-refractivity contribution in [2.45, 2.75) is 6.54 Å². The summed E-state index contributed by atoms with van der Waals surface area (Å²) in [6, 6.07) is 5.59. The van der Waals surface area contributed by atoms with E-state index in [1.807, 2.05) is 23.1 Å². The van der Waals surface area contributed by atoms with Crippen LogP contribution in [0.5, 0.6) is 11.5 Å². The molecule has 25 heavy (non-hydrogen) atoms. The number of nitrogens with one attached hydrogen (secondary N) is 1. The van der Waals surface area contributed by atoms with Crippen LogP contribution in [0.4, 0.5) is 5.95 Å². The maximum absolute atomic E-state index is 12.3. The molecule has 0 saturated carbocycles. The molecule has 2 aliphatic heterocycles. The van der Waals surface area contributed by atoms with Crippen molar-refractivity contribution in [3.63, 3.8) is 0 Å². The lowest BCUT2D eigenvalue weighted by Crippen LogP contribution is -2.37. The van der Waals surface area contributed by atoms with E-state index in [1.54, 1.807) is 12.4 Å². The summed E-state index contributed by atoms with van der Waals surface area (Å²) in [6.07, 6.45) is 3.10. The Hall–Kier alpha value is -2.87. The normalized spacial score (nSPS) is 15.9. The average molecular weight is 342 g/mol. The van der Waals surface area contributed by atoms with Gasteiger partial charge < -0.3 is 24.4 Å². The number of fused-ring (bicyclic) bond motifs is 1. The van der Waals surface area contributed by atoms with Crippen LogP contribution in [0.1, 0.15) is 15.9 Å². The Morgan fingerprint density at radius 3 is 2.68 bits per heavy atom. The number of hydrogen-bond donors (Lipinski definition) is 1. The van der Waals surface area contributed by atoms with Crippen LogP contribution in [0.25, 0.3) is 0 Å². The van der Waals surface area contributed by atoms with Gasteiger partial charge in [0.15, 0.2) is 11.5 Å². The molecule has 1 aromatic carbocycles. The number of ether oxygens (including phenoxy) is 3. The Morgan fingerprint density at radius 1 is 1.12 bits per heavy atom. The Bertz CT molecular complexity index is 760. The van der Waals surface area contributed by atoms with Crippen LogP contribution in [0.2, 0.25) is 0 Å². The molecule has 0 atom stereocenters. The van der Waals surface area contributed by atoms with E-state index in [1.165, 1.54) is 0 Å². The lowest BCUT2D eigenvalue weighted by atomic mass is 10.2. The Labute approximate surface area is 144 Å². The molecule has 4 rings (SSSR count). The highest BCUT2D eigenvalue weighted by Gasteiger charge is 2.16. The number of carbonyl (C=O) groups excluding carboxylic acids is 1. The van der Waals surface area contributed by atoms with Crippen molar-refractivity contribution < 1.29 is 19.0 Å². The van der Waals surface area contributed by atoms with Gasteiger partial charge in [0.1, 0.15) is 0 Å². The molecule has 1 fully saturated rings. The van der Waals surface area contributed by atoms with Crippen molar-refractivity contribution >= 4 is 11.9 Å². The first-order valence-corrected chi connectivity index (χ1v) is 8.11. The van der Waals surface area contributed by atoms with Gasteiger partial charge in [-0.25, -0.2) is 9.97 Å². The second-order valence-corrected chi connectivity index (χ2v) is 5.74. The van der Waals surface area contributed by atoms with Gasteiger partial charge in [-0.2, -0.15) is 0 Å². The third kappa shape index (κ3) is 3.48. The van der Waals surface area contributed by atoms with Crippen molar-refractivity contribution in [3.05, 3.63) is 41.7 Å². The van der Waals surface area contributed by atoms with Crippen LogP contribution < -0.4 is 19.7 Å². The number of anilines is 1. The fourth-order valence-electron chi connectivity index (χ4n) is 2.70. The zero-order valence-corrected chi connectivity index (χ0v) is 13.6. The monoisotopic (exact) mass is 342 g/mol. The summed E-state index contributed by atoms with van der Waals surface area (Å²) in [5, 5.41) is 2.86. The molecule has 1 aromatic heterocycles. The van der Waals surface area contributed by atoms with E-state index in [2.05, 4.69) is 15.3 Å². The van der Waals surface area contributed by atoms with Gasteiger partial charge in [-0.3, -0.25) is 4.79 Å². The van der Waals surface area contributed by atoms with Crippen molar-refractivity contribution in [1.82, 2.24) is 15.3 Å². The predicted molar refractivity (Wildman–Crippen MR) is 88.8 cm³/mol. The first kappa shape index (κ1) is 15.6. The average Bonchev–Trinajstić information content (AvgIpc) is 3.15. The van der Waals surface area contributed by atoms with Gasteiger partial charge in [-0.15, -0.1) is 0 Å². The number of amides is 1. The number of rotatable bonds is 4. The number of carbonyl (C=O) groups is 1. The lowest BCUT2D eigenvalue weighted by molar-refractivity contribution is 0.0950. The van der Waals surface area contributed by atoms with Gasteiger partial charge in [0, 0.05) is 32.0 Å². The van der Waals surface area contributed by atoms with Crippen LogP contribution >= 0.6 is 0 Å². The molecule has 1 saturated heterocycles. The van der Waals surface area contributed by atoms with Crippen LogP contribution in [-0.2, 0) is 11.3 Å². The topological polar surface area (TPSA) is 85.8 Å². The highest BCUT2D eigenvalue weighted by Crippen LogP contribution is 2.32. The van der Waals surface area contributed by atoms with E-state index < -0.39 is 0 Å². The summed E-state index contributed by atoms with van der Waals surface area (Å²) in [4.78, 5) is 22.9. The Kier molecular flexibility index (Phi) is 4.34. The number of benzene rings is 1. The van der Waals surface area contributed by atoms with Crippen LogP contribution in [-0.4, -0.2) is 49.0 Å². The summed E-state index contributed by atoms with van der Waals surface area (Å²) in [6.45, 7) is 3.48. The molecule has 0 aliphatic carbocycles. The van der Waals surface area contributed by atoms with Crippen molar-refractivity contribution in [2.75, 3.05) is 38.0 Å². The summed E-state index contributed by atoms with van der Waals surface area (Å²) < 4.78 is 15.9. The van der Waals surface area contributed by atoms with Gasteiger partial charge >= 0.3 is 0 Å². The van der Waals surface area contributed by atoms with E-state index >= 15 is 0 Å². The maximum atomic E-state index is 12.3. The summed E-state index contributed by atoms with van der Waals surface area (Å²) >= 11 is 0. The van der Waals surface area contributed by atoms with Crippen molar-refractivity contribution in [2.24, 2.45) is 0 Å². The molecule has 3 heterocycles. The lowest BCUT2D eigenvalue weighted by Gasteiger charge is -2.26. The zero-order chi connectivity index (χ0) is 17.1. The molecule has 1 amide bonds. The van der Waals surface area contributed by atoms with Crippen LogP contribution in [0.15, 0.2) is 30.6 Å². The summed E-state index contributed by atoms with van der Waals surface area (Å²) in [7, 11) is 0. The van der Waals surface area contributed by atoms with E-state index in [0.717, 1.165) is 24.4 Å². The number of morpholine rings is 1. The SMILES string of the molecule is O=C(NCc1ccc2c(c1)OCO2)c1cnc(N2CCOCC2)nc1. The largest absolute Gasteiger partial charge is 0.454 e. The van der Waals surface area contributed by atoms with Crippen LogP contribution in [0, 0.1) is 0 Å². The summed E-state index contributed by atoms with van der Waals surface area (Å²) in [5.41, 5.74) is 1.36. The smallest absolute Gasteiger partial charge is 0.254 e. The van der Waals surface area contributed by atoms with E-state index in [4.69, 9.17) is 14.2 Å². The van der Waals surface area contributed by atoms with Crippen molar-refractivity contribution in [3.8, 4) is 11.5 Å². The molecule has 0 bridgehead atoms. The van der Waals surface area contributed by atoms with Gasteiger partial charge in [-0.1, -0.05) is 6.07 Å². The van der Waals surface area contributed by atoms with E-state index in [0.29, 0.717) is 37.0 Å². The Morgan fingerprint density at radius 2 is 1.88 bits per heavy atom. The van der Waals surface area contributed by atoms with Crippen LogP contribution in [0.3, 0.4) is 0 Å². The minimum atomic E-state index is -0.216. The number of aromatic nitrogens is 2. The fourth-order valence-corrected chi connectivity index (χ4v) is 2.70. The first-order chi connectivity index (χ1) is 12.3. The molecule has 8 heteroatoms. The second-order valence-electron chi connectivity index (χ2n) is 5.74. The van der Waals surface area contributed by atoms with E-state index in [-0.39, 0.29) is 12.7 Å². The first-order valence-electron chi connectivity index (χ1n) is 8.11. The molecular weight excluding hydrogens is 324 g/mol. The standard InChI is InChI=1S/C17H18N4O4/c22-16(18-8-12-1-2-14-15(7-12)25-11-24-14)13-9-19-17(20-10-13)21-3-5-23-6-4-21/h1-2,7,9-10H,3-6,8,11H2,(H,18,22). The molecule has 8 nitrogen and oxygen atoms in total.